The van der Waals surface area contributed by atoms with E-state index in [1.807, 2.05) is 0 Å². The summed E-state index contributed by atoms with van der Waals surface area (Å²) in [6, 6.07) is -0.458. The van der Waals surface area contributed by atoms with Gasteiger partial charge in [-0.05, 0) is 18.6 Å². The zero-order valence-corrected chi connectivity index (χ0v) is 11.2. The number of nitrogens with zero attached hydrogens (tertiary/aromatic N) is 3. The minimum absolute atomic E-state index is 0.183. The van der Waals surface area contributed by atoms with Crippen molar-refractivity contribution in [3.63, 3.8) is 0 Å². The van der Waals surface area contributed by atoms with Gasteiger partial charge in [-0.1, -0.05) is 0 Å². The normalized spacial score (nSPS) is 22.3. The molecule has 0 aromatic carbocycles. The Kier molecular flexibility index (Phi) is 4.12. The molecule has 1 N–H and O–H groups in total. The quantitative estimate of drug-likeness (QED) is 0.907. The molecule has 0 saturated carbocycles. The van der Waals surface area contributed by atoms with Gasteiger partial charge in [0.2, 0.25) is 0 Å². The van der Waals surface area contributed by atoms with Gasteiger partial charge < -0.3 is 15.0 Å². The molecule has 0 spiro atoms. The summed E-state index contributed by atoms with van der Waals surface area (Å²) in [4.78, 5) is 13.3. The van der Waals surface area contributed by atoms with E-state index in [0.29, 0.717) is 0 Å². The average molecular weight is 286 g/mol. The molecule has 110 valence electrons. The van der Waals surface area contributed by atoms with Gasteiger partial charge in [0.1, 0.15) is 12.6 Å². The minimum atomic E-state index is -3.03. The highest BCUT2D eigenvalue weighted by atomic mass is 19.3. The number of nitrogens with one attached hydrogen (secondary N) is 1. The Bertz CT molecular complexity index is 472. The first-order valence-corrected chi connectivity index (χ1v) is 6.17. The van der Waals surface area contributed by atoms with Crippen LogP contribution < -0.4 is 5.32 Å². The van der Waals surface area contributed by atoms with E-state index in [-0.39, 0.29) is 12.6 Å². The van der Waals surface area contributed by atoms with Crippen molar-refractivity contribution in [3.05, 3.63) is 24.0 Å². The van der Waals surface area contributed by atoms with Crippen LogP contribution in [0.25, 0.3) is 0 Å². The third-order valence-electron chi connectivity index (χ3n) is 3.38. The van der Waals surface area contributed by atoms with Crippen LogP contribution in [0.15, 0.2) is 18.5 Å². The van der Waals surface area contributed by atoms with Crippen LogP contribution in [0, 0.1) is 0 Å². The maximum Gasteiger partial charge on any atom is 0.318 e. The first-order valence-electron chi connectivity index (χ1n) is 6.17. The lowest BCUT2D eigenvalue weighted by atomic mass is 10.1. The fraction of sp³-hybridized carbons (Fsp3) is 0.583. The molecular formula is C12H16F2N4O2. The molecule has 20 heavy (non-hydrogen) atoms. The van der Waals surface area contributed by atoms with Gasteiger partial charge in [0, 0.05) is 13.2 Å². The predicted octanol–water partition coefficient (Wildman–Crippen LogP) is 1.21. The number of aromatic nitrogens is 2. The summed E-state index contributed by atoms with van der Waals surface area (Å²) in [7, 11) is 1.54. The van der Waals surface area contributed by atoms with Gasteiger partial charge in [0.25, 0.3) is 5.92 Å². The Balaban J connectivity index is 1.99. The number of amides is 2. The molecule has 1 fully saturated rings. The number of carbonyl (C=O) groups excluding carboxylic acids is 1. The third-order valence-corrected chi connectivity index (χ3v) is 3.38. The van der Waals surface area contributed by atoms with Gasteiger partial charge in [-0.25, -0.2) is 13.6 Å². The fourth-order valence-electron chi connectivity index (χ4n) is 1.88. The van der Waals surface area contributed by atoms with Gasteiger partial charge in [0.15, 0.2) is 0 Å². The lowest BCUT2D eigenvalue weighted by Gasteiger charge is -2.27. The molecule has 2 heterocycles. The number of carbonyl (C=O) groups is 1. The molecule has 0 unspecified atom stereocenters. The Labute approximate surface area is 115 Å². The number of rotatable bonds is 3. The van der Waals surface area contributed by atoms with Crippen LogP contribution >= 0.6 is 0 Å². The van der Waals surface area contributed by atoms with E-state index in [1.165, 1.54) is 24.3 Å². The van der Waals surface area contributed by atoms with Crippen molar-refractivity contribution < 1.29 is 18.3 Å². The maximum atomic E-state index is 13.4. The topological polar surface area (TPSA) is 67.4 Å². The van der Waals surface area contributed by atoms with Crippen LogP contribution in [0.1, 0.15) is 18.5 Å². The molecule has 1 aromatic heterocycles. The van der Waals surface area contributed by atoms with Crippen molar-refractivity contribution in [1.82, 2.24) is 20.4 Å². The van der Waals surface area contributed by atoms with Crippen molar-refractivity contribution in [1.29, 1.82) is 0 Å². The maximum absolute atomic E-state index is 13.4. The molecule has 2 amide bonds. The minimum Gasteiger partial charge on any atom is -0.373 e. The van der Waals surface area contributed by atoms with Crippen LogP contribution in [-0.4, -0.2) is 53.4 Å². The summed E-state index contributed by atoms with van der Waals surface area (Å²) in [5.74, 6) is -3.03. The SMILES string of the molecule is C[C@H](c1ccnnc1)N(C)C(=O)N[C@@H]1COCC1(F)F. The molecule has 1 aromatic rings. The average Bonchev–Trinajstić information content (AvgIpc) is 2.77. The predicted molar refractivity (Wildman–Crippen MR) is 66.3 cm³/mol. The highest BCUT2D eigenvalue weighted by Gasteiger charge is 2.46. The van der Waals surface area contributed by atoms with Crippen molar-refractivity contribution in [2.45, 2.75) is 24.9 Å². The number of hydrogen-bond acceptors (Lipinski definition) is 4. The molecule has 6 nitrogen and oxygen atoms in total. The van der Waals surface area contributed by atoms with Gasteiger partial charge in [0.05, 0.1) is 18.8 Å². The second-order valence-electron chi connectivity index (χ2n) is 4.74. The number of urea groups is 1. The molecule has 0 radical (unpaired) electrons. The second kappa shape index (κ2) is 5.66. The van der Waals surface area contributed by atoms with E-state index in [1.54, 1.807) is 13.0 Å². The highest BCUT2D eigenvalue weighted by Crippen LogP contribution is 2.26. The first kappa shape index (κ1) is 14.6. The van der Waals surface area contributed by atoms with E-state index < -0.39 is 24.6 Å². The summed E-state index contributed by atoms with van der Waals surface area (Å²) in [6.45, 7) is 0.934. The van der Waals surface area contributed by atoms with Crippen LogP contribution in [0.3, 0.4) is 0 Å². The highest BCUT2D eigenvalue weighted by molar-refractivity contribution is 5.75. The van der Waals surface area contributed by atoms with Crippen molar-refractivity contribution >= 4 is 6.03 Å². The smallest absolute Gasteiger partial charge is 0.318 e. The molecule has 0 aliphatic carbocycles. The number of ether oxygens (including phenoxy) is 1. The lowest BCUT2D eigenvalue weighted by Crippen LogP contribution is -2.51. The third kappa shape index (κ3) is 3.01. The molecule has 8 heteroatoms. The van der Waals surface area contributed by atoms with E-state index >= 15 is 0 Å². The summed E-state index contributed by atoms with van der Waals surface area (Å²) >= 11 is 0. The lowest BCUT2D eigenvalue weighted by molar-refractivity contribution is -0.0223. The Hall–Kier alpha value is -1.83. The summed E-state index contributed by atoms with van der Waals surface area (Å²) in [5, 5.41) is 9.67. The Morgan fingerprint density at radius 1 is 1.60 bits per heavy atom. The molecule has 0 bridgehead atoms. The van der Waals surface area contributed by atoms with Crippen LogP contribution in [0.4, 0.5) is 13.6 Å². The zero-order chi connectivity index (χ0) is 14.8. The summed E-state index contributed by atoms with van der Waals surface area (Å²) in [6.07, 6.45) is 3.04. The second-order valence-corrected chi connectivity index (χ2v) is 4.74. The molecule has 1 saturated heterocycles. The fourth-order valence-corrected chi connectivity index (χ4v) is 1.88. The molecule has 2 atom stereocenters. The van der Waals surface area contributed by atoms with Gasteiger partial charge in [-0.15, -0.1) is 0 Å². The van der Waals surface area contributed by atoms with Gasteiger partial charge >= 0.3 is 6.03 Å². The van der Waals surface area contributed by atoms with Crippen LogP contribution in [0.2, 0.25) is 0 Å². The Morgan fingerprint density at radius 2 is 2.35 bits per heavy atom. The van der Waals surface area contributed by atoms with Crippen LogP contribution in [0.5, 0.6) is 0 Å². The van der Waals surface area contributed by atoms with E-state index in [0.717, 1.165) is 5.56 Å². The van der Waals surface area contributed by atoms with Crippen molar-refractivity contribution in [3.8, 4) is 0 Å². The molecule has 1 aliphatic rings. The largest absolute Gasteiger partial charge is 0.373 e. The van der Waals surface area contributed by atoms with E-state index in [2.05, 4.69) is 15.5 Å². The number of alkyl halides is 2. The van der Waals surface area contributed by atoms with Crippen LogP contribution in [-0.2, 0) is 4.74 Å². The monoisotopic (exact) mass is 286 g/mol. The van der Waals surface area contributed by atoms with Crippen molar-refractivity contribution in [2.24, 2.45) is 0 Å². The molecule has 2 rings (SSSR count). The number of halogens is 2. The standard InChI is InChI=1S/C12H16F2N4O2/c1-8(9-3-4-15-16-5-9)18(2)11(19)17-10-6-20-7-12(10,13)14/h3-5,8,10H,6-7H2,1-2H3,(H,17,19)/t8-,10-/m1/s1. The molecular weight excluding hydrogens is 270 g/mol. The number of hydrogen-bond donors (Lipinski definition) is 1. The van der Waals surface area contributed by atoms with E-state index in [9.17, 15) is 13.6 Å². The zero-order valence-electron chi connectivity index (χ0n) is 11.2. The Morgan fingerprint density at radius 3 is 2.90 bits per heavy atom. The molecule has 1 aliphatic heterocycles. The first-order chi connectivity index (χ1) is 9.42. The van der Waals surface area contributed by atoms with Crippen molar-refractivity contribution in [2.75, 3.05) is 20.3 Å². The van der Waals surface area contributed by atoms with Gasteiger partial charge in [-0.2, -0.15) is 10.2 Å². The summed E-state index contributed by atoms with van der Waals surface area (Å²) < 4.78 is 31.5. The van der Waals surface area contributed by atoms with Gasteiger partial charge in [-0.3, -0.25) is 0 Å². The van der Waals surface area contributed by atoms with E-state index in [4.69, 9.17) is 4.74 Å². The summed E-state index contributed by atoms with van der Waals surface area (Å²) in [5.41, 5.74) is 0.770.